The maximum Gasteiger partial charge on any atom is 0.0280 e. The summed E-state index contributed by atoms with van der Waals surface area (Å²) >= 11 is 0. The summed E-state index contributed by atoms with van der Waals surface area (Å²) in [5.74, 6) is 0. The van der Waals surface area contributed by atoms with Crippen molar-refractivity contribution in [3.63, 3.8) is 0 Å². The smallest absolute Gasteiger partial charge is 0.0280 e. The van der Waals surface area contributed by atoms with Crippen molar-refractivity contribution in [2.45, 2.75) is 25.8 Å². The number of hydrogen-bond donors (Lipinski definition) is 3. The monoisotopic (exact) mass is 155 g/mol. The van der Waals surface area contributed by atoms with E-state index >= 15 is 0 Å². The van der Waals surface area contributed by atoms with Crippen molar-refractivity contribution in [1.82, 2.24) is 10.6 Å². The Kier molecular flexibility index (Phi) is 3.23. The minimum atomic E-state index is 0.620. The second-order valence-corrected chi connectivity index (χ2v) is 3.08. The van der Waals surface area contributed by atoms with E-state index in [1.165, 1.54) is 12.8 Å². The SMILES string of the molecule is C/C(N)=C/NC1CCNCC1. The topological polar surface area (TPSA) is 50.1 Å². The van der Waals surface area contributed by atoms with E-state index in [1.807, 2.05) is 13.1 Å². The van der Waals surface area contributed by atoms with Crippen LogP contribution in [0.3, 0.4) is 0 Å². The molecule has 3 heteroatoms. The molecule has 1 saturated heterocycles. The van der Waals surface area contributed by atoms with Gasteiger partial charge in [0.2, 0.25) is 0 Å². The van der Waals surface area contributed by atoms with Gasteiger partial charge in [0.05, 0.1) is 0 Å². The summed E-state index contributed by atoms with van der Waals surface area (Å²) < 4.78 is 0. The fourth-order valence-electron chi connectivity index (χ4n) is 1.24. The summed E-state index contributed by atoms with van der Waals surface area (Å²) in [6.07, 6.45) is 4.30. The van der Waals surface area contributed by atoms with Crippen LogP contribution in [0.15, 0.2) is 11.9 Å². The van der Waals surface area contributed by atoms with E-state index in [0.29, 0.717) is 6.04 Å². The van der Waals surface area contributed by atoms with Crippen molar-refractivity contribution >= 4 is 0 Å². The molecule has 0 atom stereocenters. The van der Waals surface area contributed by atoms with Gasteiger partial charge in [-0.3, -0.25) is 0 Å². The van der Waals surface area contributed by atoms with Gasteiger partial charge < -0.3 is 16.4 Å². The summed E-state index contributed by atoms with van der Waals surface area (Å²) in [4.78, 5) is 0. The Morgan fingerprint density at radius 3 is 2.73 bits per heavy atom. The zero-order chi connectivity index (χ0) is 8.10. The molecule has 0 amide bonds. The van der Waals surface area contributed by atoms with Gasteiger partial charge in [-0.1, -0.05) is 0 Å². The molecule has 0 aromatic rings. The van der Waals surface area contributed by atoms with Gasteiger partial charge in [-0.2, -0.15) is 0 Å². The van der Waals surface area contributed by atoms with Gasteiger partial charge in [0.25, 0.3) is 0 Å². The molecule has 0 unspecified atom stereocenters. The van der Waals surface area contributed by atoms with Crippen LogP contribution in [0.4, 0.5) is 0 Å². The van der Waals surface area contributed by atoms with Crippen LogP contribution in [-0.2, 0) is 0 Å². The average molecular weight is 155 g/mol. The molecule has 64 valence electrons. The van der Waals surface area contributed by atoms with E-state index in [9.17, 15) is 0 Å². The standard InChI is InChI=1S/C8H17N3/c1-7(9)6-11-8-2-4-10-5-3-8/h6,8,10-11H,2-5,9H2,1H3/b7-6-. The number of hydrogen-bond acceptors (Lipinski definition) is 3. The number of nitrogens with two attached hydrogens (primary N) is 1. The van der Waals surface area contributed by atoms with Crippen LogP contribution in [0.25, 0.3) is 0 Å². The van der Waals surface area contributed by atoms with Gasteiger partial charge in [-0.15, -0.1) is 0 Å². The summed E-state index contributed by atoms with van der Waals surface area (Å²) in [6.45, 7) is 4.14. The summed E-state index contributed by atoms with van der Waals surface area (Å²) in [6, 6.07) is 0.620. The summed E-state index contributed by atoms with van der Waals surface area (Å²) in [5, 5.41) is 6.60. The molecule has 0 aromatic carbocycles. The number of piperidine rings is 1. The van der Waals surface area contributed by atoms with Crippen LogP contribution >= 0.6 is 0 Å². The molecule has 0 aromatic heterocycles. The van der Waals surface area contributed by atoms with Crippen LogP contribution in [0.5, 0.6) is 0 Å². The summed E-state index contributed by atoms with van der Waals surface area (Å²) in [7, 11) is 0. The minimum Gasteiger partial charge on any atom is -0.401 e. The van der Waals surface area contributed by atoms with Gasteiger partial charge in [-0.25, -0.2) is 0 Å². The van der Waals surface area contributed by atoms with Gasteiger partial charge in [-0.05, 0) is 32.9 Å². The molecule has 1 rings (SSSR count). The molecule has 0 spiro atoms. The first-order valence-corrected chi connectivity index (χ1v) is 4.18. The van der Waals surface area contributed by atoms with Crippen molar-refractivity contribution in [2.75, 3.05) is 13.1 Å². The number of allylic oxidation sites excluding steroid dienone is 1. The minimum absolute atomic E-state index is 0.620. The Balaban J connectivity index is 2.19. The molecule has 1 fully saturated rings. The first-order chi connectivity index (χ1) is 5.29. The van der Waals surface area contributed by atoms with E-state index in [-0.39, 0.29) is 0 Å². The predicted octanol–water partition coefficient (Wildman–Crippen LogP) is 0.148. The van der Waals surface area contributed by atoms with Crippen molar-refractivity contribution in [3.8, 4) is 0 Å². The second-order valence-electron chi connectivity index (χ2n) is 3.08. The first kappa shape index (κ1) is 8.40. The van der Waals surface area contributed by atoms with Crippen molar-refractivity contribution in [3.05, 3.63) is 11.9 Å². The lowest BCUT2D eigenvalue weighted by Crippen LogP contribution is -2.37. The van der Waals surface area contributed by atoms with E-state index in [2.05, 4.69) is 10.6 Å². The largest absolute Gasteiger partial charge is 0.401 e. The first-order valence-electron chi connectivity index (χ1n) is 4.18. The Labute approximate surface area is 68.0 Å². The molecule has 4 N–H and O–H groups in total. The van der Waals surface area contributed by atoms with Crippen molar-refractivity contribution < 1.29 is 0 Å². The molecule has 0 bridgehead atoms. The van der Waals surface area contributed by atoms with Gasteiger partial charge in [0.15, 0.2) is 0 Å². The molecule has 1 heterocycles. The number of nitrogens with one attached hydrogen (secondary N) is 2. The third-order valence-corrected chi connectivity index (χ3v) is 1.89. The molecular weight excluding hydrogens is 138 g/mol. The molecule has 0 saturated carbocycles. The third kappa shape index (κ3) is 3.28. The van der Waals surface area contributed by atoms with Crippen LogP contribution in [-0.4, -0.2) is 19.1 Å². The average Bonchev–Trinajstić information content (AvgIpc) is 2.03. The highest BCUT2D eigenvalue weighted by Gasteiger charge is 2.09. The maximum absolute atomic E-state index is 5.49. The molecule has 0 aliphatic carbocycles. The van der Waals surface area contributed by atoms with E-state index in [0.717, 1.165) is 18.8 Å². The molecule has 1 aliphatic rings. The molecule has 0 radical (unpaired) electrons. The Morgan fingerprint density at radius 2 is 2.18 bits per heavy atom. The number of rotatable bonds is 2. The van der Waals surface area contributed by atoms with Crippen LogP contribution < -0.4 is 16.4 Å². The predicted molar refractivity (Wildman–Crippen MR) is 47.0 cm³/mol. The highest BCUT2D eigenvalue weighted by atomic mass is 15.0. The molecule has 11 heavy (non-hydrogen) atoms. The highest BCUT2D eigenvalue weighted by Crippen LogP contribution is 2.01. The second kappa shape index (κ2) is 4.23. The zero-order valence-electron chi connectivity index (χ0n) is 7.06. The van der Waals surface area contributed by atoms with Gasteiger partial charge in [0.1, 0.15) is 0 Å². The Hall–Kier alpha value is -0.700. The quantitative estimate of drug-likeness (QED) is 0.532. The molecule has 1 aliphatic heterocycles. The van der Waals surface area contributed by atoms with Crippen LogP contribution in [0, 0.1) is 0 Å². The molecule has 3 nitrogen and oxygen atoms in total. The van der Waals surface area contributed by atoms with Crippen molar-refractivity contribution in [2.24, 2.45) is 5.73 Å². The maximum atomic E-state index is 5.49. The lowest BCUT2D eigenvalue weighted by molar-refractivity contribution is 0.419. The van der Waals surface area contributed by atoms with Crippen LogP contribution in [0.1, 0.15) is 19.8 Å². The Morgan fingerprint density at radius 1 is 1.55 bits per heavy atom. The van der Waals surface area contributed by atoms with E-state index in [4.69, 9.17) is 5.73 Å². The van der Waals surface area contributed by atoms with Gasteiger partial charge in [0, 0.05) is 17.9 Å². The normalized spacial score (nSPS) is 21.7. The highest BCUT2D eigenvalue weighted by molar-refractivity contribution is 4.92. The third-order valence-electron chi connectivity index (χ3n) is 1.89. The van der Waals surface area contributed by atoms with Crippen molar-refractivity contribution in [1.29, 1.82) is 0 Å². The fraction of sp³-hybridized carbons (Fsp3) is 0.750. The Bertz CT molecular complexity index is 132. The molecular formula is C8H17N3. The van der Waals surface area contributed by atoms with E-state index < -0.39 is 0 Å². The van der Waals surface area contributed by atoms with Gasteiger partial charge >= 0.3 is 0 Å². The lowest BCUT2D eigenvalue weighted by Gasteiger charge is -2.22. The summed E-state index contributed by atoms with van der Waals surface area (Å²) in [5.41, 5.74) is 6.34. The zero-order valence-corrected chi connectivity index (χ0v) is 7.06. The lowest BCUT2D eigenvalue weighted by atomic mass is 10.1. The fourth-order valence-corrected chi connectivity index (χ4v) is 1.24. The van der Waals surface area contributed by atoms with Crippen LogP contribution in [0.2, 0.25) is 0 Å². The van der Waals surface area contributed by atoms with E-state index in [1.54, 1.807) is 0 Å².